The Hall–Kier alpha value is -3.09. The van der Waals surface area contributed by atoms with E-state index in [1.54, 1.807) is 6.07 Å². The third kappa shape index (κ3) is 4.87. The summed E-state index contributed by atoms with van der Waals surface area (Å²) < 4.78 is 43.8. The lowest BCUT2D eigenvalue weighted by Gasteiger charge is -2.33. The number of aromatic nitrogens is 3. The molecule has 0 saturated carbocycles. The first kappa shape index (κ1) is 22.1. The Morgan fingerprint density at radius 1 is 1.12 bits per heavy atom. The minimum Gasteiger partial charge on any atom is -0.489 e. The van der Waals surface area contributed by atoms with Crippen LogP contribution in [0.1, 0.15) is 13.8 Å². The molecule has 0 spiro atoms. The molecule has 1 aliphatic rings. The van der Waals surface area contributed by atoms with Crippen LogP contribution < -0.4 is 20.1 Å². The molecule has 0 aliphatic carbocycles. The molecule has 0 atom stereocenters. The maximum atomic E-state index is 13.7. The van der Waals surface area contributed by atoms with Gasteiger partial charge in [0.15, 0.2) is 5.82 Å². The molecule has 3 N–H and O–H groups in total. The lowest BCUT2D eigenvalue weighted by atomic mass is 10.2. The minimum absolute atomic E-state index is 0.139. The van der Waals surface area contributed by atoms with Crippen molar-refractivity contribution in [3.8, 4) is 5.75 Å². The van der Waals surface area contributed by atoms with Crippen molar-refractivity contribution in [2.75, 3.05) is 36.4 Å². The fourth-order valence-corrected chi connectivity index (χ4v) is 4.12. The molecule has 4 rings (SSSR count). The number of halogens is 1. The van der Waals surface area contributed by atoms with Crippen molar-refractivity contribution in [1.29, 1.82) is 0 Å². The third-order valence-electron chi connectivity index (χ3n) is 4.95. The second kappa shape index (κ2) is 8.81. The number of nitrogens with zero attached hydrogens (tertiary/aromatic N) is 5. The average Bonchev–Trinajstić information content (AvgIpc) is 2.74. The zero-order valence-corrected chi connectivity index (χ0v) is 18.5. The van der Waals surface area contributed by atoms with Crippen molar-refractivity contribution in [1.82, 2.24) is 19.3 Å². The topological polar surface area (TPSA) is 127 Å². The van der Waals surface area contributed by atoms with Gasteiger partial charge in [-0.25, -0.2) is 24.5 Å². The molecule has 2 aromatic heterocycles. The van der Waals surface area contributed by atoms with E-state index in [-0.39, 0.29) is 19.2 Å². The van der Waals surface area contributed by atoms with Crippen LogP contribution in [0.15, 0.2) is 36.7 Å². The van der Waals surface area contributed by atoms with Crippen molar-refractivity contribution in [3.05, 3.63) is 42.5 Å². The molecule has 1 saturated heterocycles. The highest BCUT2D eigenvalue weighted by molar-refractivity contribution is 7.86. The Balaban J connectivity index is 1.63. The van der Waals surface area contributed by atoms with Crippen molar-refractivity contribution < 1.29 is 17.5 Å². The smallest absolute Gasteiger partial charge is 0.277 e. The zero-order chi connectivity index (χ0) is 22.9. The van der Waals surface area contributed by atoms with Crippen molar-refractivity contribution in [2.24, 2.45) is 5.14 Å². The second-order valence-corrected chi connectivity index (χ2v) is 9.17. The molecule has 12 heteroatoms. The molecule has 170 valence electrons. The number of pyridine rings is 1. The summed E-state index contributed by atoms with van der Waals surface area (Å²) in [6.45, 7) is 5.18. The van der Waals surface area contributed by atoms with Gasteiger partial charge in [-0.15, -0.1) is 0 Å². The Kier molecular flexibility index (Phi) is 6.09. The van der Waals surface area contributed by atoms with Gasteiger partial charge in [0.1, 0.15) is 29.2 Å². The third-order valence-corrected chi connectivity index (χ3v) is 6.03. The maximum absolute atomic E-state index is 13.7. The van der Waals surface area contributed by atoms with Gasteiger partial charge in [0.05, 0.1) is 17.3 Å². The highest BCUT2D eigenvalue weighted by Crippen LogP contribution is 2.31. The predicted octanol–water partition coefficient (Wildman–Crippen LogP) is 2.02. The quantitative estimate of drug-likeness (QED) is 0.571. The summed E-state index contributed by atoms with van der Waals surface area (Å²) in [6.07, 6.45) is 1.28. The van der Waals surface area contributed by atoms with Gasteiger partial charge in [0.2, 0.25) is 0 Å². The van der Waals surface area contributed by atoms with Gasteiger partial charge in [-0.1, -0.05) is 0 Å². The van der Waals surface area contributed by atoms with Crippen LogP contribution >= 0.6 is 0 Å². The summed E-state index contributed by atoms with van der Waals surface area (Å²) in [6, 6.07) is 7.89. The number of benzene rings is 1. The highest BCUT2D eigenvalue weighted by Gasteiger charge is 2.25. The van der Waals surface area contributed by atoms with Gasteiger partial charge >= 0.3 is 0 Å². The number of nitrogens with two attached hydrogens (primary N) is 1. The van der Waals surface area contributed by atoms with Gasteiger partial charge in [-0.2, -0.15) is 12.7 Å². The van der Waals surface area contributed by atoms with Gasteiger partial charge in [0, 0.05) is 32.2 Å². The molecule has 1 fully saturated rings. The summed E-state index contributed by atoms with van der Waals surface area (Å²) >= 11 is 0. The summed E-state index contributed by atoms with van der Waals surface area (Å²) in [5, 5.41) is 8.40. The van der Waals surface area contributed by atoms with E-state index in [1.165, 1.54) is 22.8 Å². The number of hydrogen-bond acceptors (Lipinski definition) is 8. The predicted molar refractivity (Wildman–Crippen MR) is 120 cm³/mol. The molecule has 3 aromatic rings. The Labute approximate surface area is 185 Å². The number of piperazine rings is 1. The molecule has 10 nitrogen and oxygen atoms in total. The normalized spacial score (nSPS) is 15.3. The first-order chi connectivity index (χ1) is 15.2. The van der Waals surface area contributed by atoms with Gasteiger partial charge in [0.25, 0.3) is 10.2 Å². The number of fused-ring (bicyclic) bond motifs is 1. The molecule has 0 unspecified atom stereocenters. The first-order valence-electron chi connectivity index (χ1n) is 10.1. The second-order valence-electron chi connectivity index (χ2n) is 7.62. The molecule has 3 heterocycles. The van der Waals surface area contributed by atoms with Crippen molar-refractivity contribution in [3.63, 3.8) is 0 Å². The number of ether oxygens (including phenoxy) is 1. The molecule has 32 heavy (non-hydrogen) atoms. The van der Waals surface area contributed by atoms with Crippen molar-refractivity contribution >= 4 is 38.6 Å². The summed E-state index contributed by atoms with van der Waals surface area (Å²) in [7, 11) is -3.71. The van der Waals surface area contributed by atoms with Crippen LogP contribution in [-0.4, -0.2) is 60.0 Å². The largest absolute Gasteiger partial charge is 0.489 e. The monoisotopic (exact) mass is 461 g/mol. The SMILES string of the molecule is CC(C)Oc1cc(F)ccc1Nc1ncnc2ccc(N3CCN(S(N)(=O)=O)CC3)nc12. The lowest BCUT2D eigenvalue weighted by molar-refractivity contribution is 0.243. The van der Waals surface area contributed by atoms with E-state index in [0.29, 0.717) is 47.2 Å². The molecule has 0 bridgehead atoms. The van der Waals surface area contributed by atoms with Crippen LogP contribution in [0.25, 0.3) is 11.0 Å². The number of anilines is 3. The van der Waals surface area contributed by atoms with E-state index in [9.17, 15) is 12.8 Å². The van der Waals surface area contributed by atoms with Crippen LogP contribution in [-0.2, 0) is 10.2 Å². The van der Waals surface area contributed by atoms with E-state index >= 15 is 0 Å². The average molecular weight is 462 g/mol. The van der Waals surface area contributed by atoms with Gasteiger partial charge < -0.3 is 15.0 Å². The Bertz CT molecular complexity index is 1230. The molecule has 1 aromatic carbocycles. The molecular weight excluding hydrogens is 437 g/mol. The van der Waals surface area contributed by atoms with E-state index in [0.717, 1.165) is 0 Å². The van der Waals surface area contributed by atoms with E-state index in [1.807, 2.05) is 30.9 Å². The fraction of sp³-hybridized carbons (Fsp3) is 0.350. The molecule has 0 amide bonds. The van der Waals surface area contributed by atoms with Crippen LogP contribution in [0.5, 0.6) is 5.75 Å². The Morgan fingerprint density at radius 2 is 1.88 bits per heavy atom. The van der Waals surface area contributed by atoms with E-state index in [4.69, 9.17) is 14.9 Å². The summed E-state index contributed by atoms with van der Waals surface area (Å²) in [5.74, 6) is 1.07. The van der Waals surface area contributed by atoms with Crippen LogP contribution in [0.2, 0.25) is 0 Å². The van der Waals surface area contributed by atoms with Crippen LogP contribution in [0, 0.1) is 5.82 Å². The zero-order valence-electron chi connectivity index (χ0n) is 17.7. The van der Waals surface area contributed by atoms with Gasteiger partial charge in [-0.3, -0.25) is 0 Å². The van der Waals surface area contributed by atoms with Crippen LogP contribution in [0.4, 0.5) is 21.7 Å². The van der Waals surface area contributed by atoms with E-state index in [2.05, 4.69) is 15.3 Å². The minimum atomic E-state index is -3.71. The number of nitrogens with one attached hydrogen (secondary N) is 1. The molecule has 1 aliphatic heterocycles. The summed E-state index contributed by atoms with van der Waals surface area (Å²) in [5.41, 5.74) is 1.70. The maximum Gasteiger partial charge on any atom is 0.277 e. The molecule has 0 radical (unpaired) electrons. The fourth-order valence-electron chi connectivity index (χ4n) is 3.45. The highest BCUT2D eigenvalue weighted by atomic mass is 32.2. The lowest BCUT2D eigenvalue weighted by Crippen LogP contribution is -2.50. The first-order valence-corrected chi connectivity index (χ1v) is 11.6. The number of rotatable bonds is 6. The van der Waals surface area contributed by atoms with Crippen LogP contribution in [0.3, 0.4) is 0 Å². The standard InChI is InChI=1S/C20H24FN7O3S/c1-13(2)31-17-11-14(21)3-4-15(17)25-20-19-16(23-12-24-20)5-6-18(26-19)27-7-9-28(10-8-27)32(22,29)30/h3-6,11-13H,7-10H2,1-2H3,(H2,22,29,30)(H,23,24,25). The summed E-state index contributed by atoms with van der Waals surface area (Å²) in [4.78, 5) is 15.3. The molecular formula is C20H24FN7O3S. The number of hydrogen-bond donors (Lipinski definition) is 2. The van der Waals surface area contributed by atoms with Crippen molar-refractivity contribution in [2.45, 2.75) is 20.0 Å². The van der Waals surface area contributed by atoms with Gasteiger partial charge in [-0.05, 0) is 38.1 Å². The van der Waals surface area contributed by atoms with E-state index < -0.39 is 16.0 Å². The Morgan fingerprint density at radius 3 is 2.56 bits per heavy atom.